The molecule has 102 valence electrons. The van der Waals surface area contributed by atoms with E-state index in [1.54, 1.807) is 14.2 Å². The average Bonchev–Trinajstić information content (AvgIpc) is 3.00. The normalized spacial score (nSPS) is 23.1. The van der Waals surface area contributed by atoms with E-state index in [2.05, 4.69) is 9.55 Å². The third-order valence-electron chi connectivity index (χ3n) is 3.98. The van der Waals surface area contributed by atoms with Crippen molar-refractivity contribution in [1.82, 2.24) is 9.55 Å². The Morgan fingerprint density at radius 3 is 2.84 bits per heavy atom. The molecule has 19 heavy (non-hydrogen) atoms. The molecule has 5 heteroatoms. The minimum atomic E-state index is 0.349. The van der Waals surface area contributed by atoms with Crippen LogP contribution in [0, 0.1) is 4.77 Å². The number of ether oxygens (including phenoxy) is 2. The fourth-order valence-electron chi connectivity index (χ4n) is 2.96. The van der Waals surface area contributed by atoms with Crippen molar-refractivity contribution in [3.63, 3.8) is 0 Å². The molecule has 1 aromatic carbocycles. The number of rotatable bonds is 3. The molecule has 0 radical (unpaired) electrons. The Kier molecular flexibility index (Phi) is 3.33. The van der Waals surface area contributed by atoms with Crippen LogP contribution in [0.15, 0.2) is 18.2 Å². The summed E-state index contributed by atoms with van der Waals surface area (Å²) in [5.41, 5.74) is 2.18. The maximum absolute atomic E-state index is 5.47. The second kappa shape index (κ2) is 4.98. The van der Waals surface area contributed by atoms with Crippen LogP contribution >= 0.6 is 12.2 Å². The van der Waals surface area contributed by atoms with Gasteiger partial charge in [0, 0.05) is 19.2 Å². The monoisotopic (exact) mass is 278 g/mol. The van der Waals surface area contributed by atoms with Crippen LogP contribution in [0.2, 0.25) is 0 Å². The number of hydrogen-bond donors (Lipinski definition) is 1. The van der Waals surface area contributed by atoms with Crippen LogP contribution in [0.4, 0.5) is 0 Å². The minimum absolute atomic E-state index is 0.349. The first kappa shape index (κ1) is 12.7. The first-order chi connectivity index (χ1) is 9.22. The zero-order valence-corrected chi connectivity index (χ0v) is 12.0. The first-order valence-electron chi connectivity index (χ1n) is 6.54. The summed E-state index contributed by atoms with van der Waals surface area (Å²) in [7, 11) is 3.47. The van der Waals surface area contributed by atoms with Gasteiger partial charge in [0.1, 0.15) is 5.75 Å². The van der Waals surface area contributed by atoms with E-state index in [1.807, 2.05) is 18.2 Å². The Hall–Kier alpha value is -1.33. The van der Waals surface area contributed by atoms with Gasteiger partial charge in [-0.25, -0.2) is 0 Å². The average molecular weight is 278 g/mol. The molecule has 1 aromatic heterocycles. The number of nitrogens with one attached hydrogen (secondary N) is 1. The number of imidazole rings is 1. The van der Waals surface area contributed by atoms with Crippen LogP contribution in [0.25, 0.3) is 11.0 Å². The molecule has 0 amide bonds. The van der Waals surface area contributed by atoms with E-state index in [0.29, 0.717) is 12.1 Å². The molecule has 4 nitrogen and oxygen atoms in total. The molecule has 1 aliphatic carbocycles. The molecule has 0 saturated heterocycles. The van der Waals surface area contributed by atoms with E-state index in [9.17, 15) is 0 Å². The molecule has 1 aliphatic rings. The lowest BCUT2D eigenvalue weighted by Crippen LogP contribution is -2.09. The Bertz CT molecular complexity index is 646. The second-order valence-electron chi connectivity index (χ2n) is 5.01. The number of benzene rings is 1. The summed E-state index contributed by atoms with van der Waals surface area (Å²) in [5.74, 6) is 0.858. The van der Waals surface area contributed by atoms with E-state index in [0.717, 1.165) is 40.8 Å². The summed E-state index contributed by atoms with van der Waals surface area (Å²) in [6.45, 7) is 0. The lowest BCUT2D eigenvalue weighted by molar-refractivity contribution is 0.106. The number of aromatic amines is 1. The van der Waals surface area contributed by atoms with Crippen LogP contribution < -0.4 is 4.74 Å². The molecule has 0 spiro atoms. The predicted octanol–water partition coefficient (Wildman–Crippen LogP) is 3.45. The highest BCUT2D eigenvalue weighted by Gasteiger charge is 2.27. The summed E-state index contributed by atoms with van der Waals surface area (Å²) in [6.07, 6.45) is 3.58. The Balaban J connectivity index is 2.07. The molecule has 2 aromatic rings. The summed E-state index contributed by atoms with van der Waals surface area (Å²) in [4.78, 5) is 3.27. The number of fused-ring (bicyclic) bond motifs is 1. The third kappa shape index (κ3) is 2.17. The van der Waals surface area contributed by atoms with E-state index < -0.39 is 0 Å². The Labute approximate surface area is 117 Å². The van der Waals surface area contributed by atoms with Crippen molar-refractivity contribution in [3.05, 3.63) is 23.0 Å². The SMILES string of the molecule is COc1ccc2[nH]c(=S)n(C3CCC(OC)C3)c2c1. The van der Waals surface area contributed by atoms with Gasteiger partial charge >= 0.3 is 0 Å². The molecule has 1 saturated carbocycles. The van der Waals surface area contributed by atoms with E-state index in [1.165, 1.54) is 0 Å². The first-order valence-corrected chi connectivity index (χ1v) is 6.95. The number of methoxy groups -OCH3 is 2. The van der Waals surface area contributed by atoms with Crippen molar-refractivity contribution in [1.29, 1.82) is 0 Å². The van der Waals surface area contributed by atoms with Gasteiger partial charge in [0.2, 0.25) is 0 Å². The molecule has 1 N–H and O–H groups in total. The third-order valence-corrected chi connectivity index (χ3v) is 4.28. The lowest BCUT2D eigenvalue weighted by atomic mass is 10.2. The number of nitrogens with zero attached hydrogens (tertiary/aromatic N) is 1. The van der Waals surface area contributed by atoms with E-state index in [4.69, 9.17) is 21.7 Å². The maximum Gasteiger partial charge on any atom is 0.178 e. The fraction of sp³-hybridized carbons (Fsp3) is 0.500. The van der Waals surface area contributed by atoms with Crippen LogP contribution in [0.1, 0.15) is 25.3 Å². The van der Waals surface area contributed by atoms with Crippen molar-refractivity contribution in [2.75, 3.05) is 14.2 Å². The predicted molar refractivity (Wildman–Crippen MR) is 77.4 cm³/mol. The summed E-state index contributed by atoms with van der Waals surface area (Å²) < 4.78 is 13.8. The highest BCUT2D eigenvalue weighted by molar-refractivity contribution is 7.71. The lowest BCUT2D eigenvalue weighted by Gasteiger charge is -2.14. The van der Waals surface area contributed by atoms with Crippen molar-refractivity contribution in [2.24, 2.45) is 0 Å². The van der Waals surface area contributed by atoms with Gasteiger partial charge in [-0.05, 0) is 43.6 Å². The van der Waals surface area contributed by atoms with Gasteiger partial charge in [0.05, 0.1) is 24.2 Å². The van der Waals surface area contributed by atoms with Crippen molar-refractivity contribution < 1.29 is 9.47 Å². The molecular weight excluding hydrogens is 260 g/mol. The number of hydrogen-bond acceptors (Lipinski definition) is 3. The standard InChI is InChI=1S/C14H18N2O2S/c1-17-10-4-3-9(7-10)16-13-8-11(18-2)5-6-12(13)15-14(16)19/h5-6,8-10H,3-4,7H2,1-2H3,(H,15,19). The largest absolute Gasteiger partial charge is 0.497 e. The molecular formula is C14H18N2O2S. The molecule has 2 atom stereocenters. The van der Waals surface area contributed by atoms with E-state index >= 15 is 0 Å². The molecule has 1 fully saturated rings. The van der Waals surface area contributed by atoms with Crippen LogP contribution in [0.3, 0.4) is 0 Å². The van der Waals surface area contributed by atoms with Gasteiger partial charge < -0.3 is 19.0 Å². The topological polar surface area (TPSA) is 39.2 Å². The zero-order valence-electron chi connectivity index (χ0n) is 11.2. The van der Waals surface area contributed by atoms with Gasteiger partial charge in [-0.15, -0.1) is 0 Å². The highest BCUT2D eigenvalue weighted by atomic mass is 32.1. The molecule has 1 heterocycles. The smallest absolute Gasteiger partial charge is 0.178 e. The molecule has 2 unspecified atom stereocenters. The quantitative estimate of drug-likeness (QED) is 0.874. The highest BCUT2D eigenvalue weighted by Crippen LogP contribution is 2.35. The van der Waals surface area contributed by atoms with Gasteiger partial charge in [-0.3, -0.25) is 0 Å². The minimum Gasteiger partial charge on any atom is -0.497 e. The summed E-state index contributed by atoms with van der Waals surface area (Å²) in [5, 5.41) is 0. The van der Waals surface area contributed by atoms with Gasteiger partial charge in [0.25, 0.3) is 0 Å². The van der Waals surface area contributed by atoms with Gasteiger partial charge in [-0.2, -0.15) is 0 Å². The number of aromatic nitrogens is 2. The van der Waals surface area contributed by atoms with Crippen LogP contribution in [-0.2, 0) is 4.74 Å². The summed E-state index contributed by atoms with van der Waals surface area (Å²) in [6, 6.07) is 6.42. The Morgan fingerprint density at radius 2 is 2.16 bits per heavy atom. The molecule has 3 rings (SSSR count). The van der Waals surface area contributed by atoms with Crippen molar-refractivity contribution in [3.8, 4) is 5.75 Å². The van der Waals surface area contributed by atoms with Crippen LogP contribution in [0.5, 0.6) is 5.75 Å². The van der Waals surface area contributed by atoms with Crippen LogP contribution in [-0.4, -0.2) is 29.9 Å². The zero-order chi connectivity index (χ0) is 13.4. The second-order valence-corrected chi connectivity index (χ2v) is 5.39. The maximum atomic E-state index is 5.47. The summed E-state index contributed by atoms with van der Waals surface area (Å²) >= 11 is 5.47. The van der Waals surface area contributed by atoms with Gasteiger partial charge in [0.15, 0.2) is 4.77 Å². The molecule has 0 bridgehead atoms. The van der Waals surface area contributed by atoms with E-state index in [-0.39, 0.29) is 0 Å². The van der Waals surface area contributed by atoms with Crippen molar-refractivity contribution >= 4 is 23.3 Å². The van der Waals surface area contributed by atoms with Crippen molar-refractivity contribution in [2.45, 2.75) is 31.4 Å². The Morgan fingerprint density at radius 1 is 1.32 bits per heavy atom. The number of H-pyrrole nitrogens is 1. The molecule has 0 aliphatic heterocycles. The fourth-order valence-corrected chi connectivity index (χ4v) is 3.31. The van der Waals surface area contributed by atoms with Gasteiger partial charge in [-0.1, -0.05) is 0 Å².